The van der Waals surface area contributed by atoms with Gasteiger partial charge < -0.3 is 9.88 Å². The number of fused-ring (bicyclic) bond motifs is 2. The van der Waals surface area contributed by atoms with Gasteiger partial charge in [0.1, 0.15) is 0 Å². The first-order valence-corrected chi connectivity index (χ1v) is 6.61. The minimum Gasteiger partial charge on any atom is -0.329 e. The van der Waals surface area contributed by atoms with Gasteiger partial charge in [-0.2, -0.15) is 0 Å². The summed E-state index contributed by atoms with van der Waals surface area (Å²) in [5.41, 5.74) is 0. The van der Waals surface area contributed by atoms with Gasteiger partial charge >= 0.3 is 0 Å². The van der Waals surface area contributed by atoms with Gasteiger partial charge in [-0.25, -0.2) is 4.98 Å². The highest BCUT2D eigenvalue weighted by Crippen LogP contribution is 2.34. The average Bonchev–Trinajstić information content (AvgIpc) is 3.03. The van der Waals surface area contributed by atoms with Crippen molar-refractivity contribution in [1.29, 1.82) is 0 Å². The number of hydrogen-bond donors (Lipinski definition) is 1. The molecule has 3 rings (SSSR count). The lowest BCUT2D eigenvalue weighted by Gasteiger charge is -2.18. The second-order valence-corrected chi connectivity index (χ2v) is 5.20. The zero-order valence-corrected chi connectivity index (χ0v) is 10.2. The predicted molar refractivity (Wildman–Crippen MR) is 64.9 cm³/mol. The van der Waals surface area contributed by atoms with Gasteiger partial charge in [0.05, 0.1) is 0 Å². The molecule has 0 radical (unpaired) electrons. The highest BCUT2D eigenvalue weighted by molar-refractivity contribution is 5.95. The molecule has 4 nitrogen and oxygen atoms in total. The van der Waals surface area contributed by atoms with Crippen LogP contribution in [0.1, 0.15) is 43.2 Å². The summed E-state index contributed by atoms with van der Waals surface area (Å²) < 4.78 is 1.99. The molecule has 2 aliphatic heterocycles. The number of Topliss-reactive ketones (excluding diaryl/α,β-unsaturated/α-hetero) is 1. The minimum absolute atomic E-state index is 0.159. The van der Waals surface area contributed by atoms with E-state index in [9.17, 15) is 4.79 Å². The summed E-state index contributed by atoms with van der Waals surface area (Å²) >= 11 is 0. The molecule has 3 heterocycles. The van der Waals surface area contributed by atoms with Crippen LogP contribution in [0, 0.1) is 5.92 Å². The van der Waals surface area contributed by atoms with E-state index in [2.05, 4.69) is 17.2 Å². The molecule has 1 aromatic heterocycles. The molecule has 0 amide bonds. The topological polar surface area (TPSA) is 46.9 Å². The Hall–Kier alpha value is -1.16. The van der Waals surface area contributed by atoms with E-state index >= 15 is 0 Å². The van der Waals surface area contributed by atoms with Crippen molar-refractivity contribution in [1.82, 2.24) is 14.9 Å². The Labute approximate surface area is 101 Å². The van der Waals surface area contributed by atoms with E-state index in [-0.39, 0.29) is 11.7 Å². The molecular weight excluding hydrogens is 214 g/mol. The molecule has 0 saturated carbocycles. The van der Waals surface area contributed by atoms with Crippen molar-refractivity contribution in [3.8, 4) is 0 Å². The lowest BCUT2D eigenvalue weighted by atomic mass is 9.86. The second kappa shape index (κ2) is 4.26. The summed E-state index contributed by atoms with van der Waals surface area (Å²) in [6, 6.07) is 0.975. The van der Waals surface area contributed by atoms with Gasteiger partial charge in [0.2, 0.25) is 5.78 Å². The molecule has 3 atom stereocenters. The zero-order chi connectivity index (χ0) is 11.8. The molecule has 2 aliphatic rings. The van der Waals surface area contributed by atoms with E-state index in [0.29, 0.717) is 17.9 Å². The van der Waals surface area contributed by atoms with Crippen molar-refractivity contribution in [2.24, 2.45) is 5.92 Å². The maximum Gasteiger partial charge on any atom is 0.202 e. The second-order valence-electron chi connectivity index (χ2n) is 5.20. The quantitative estimate of drug-likeness (QED) is 0.804. The van der Waals surface area contributed by atoms with E-state index in [1.807, 2.05) is 10.8 Å². The number of aryl methyl sites for hydroxylation is 1. The summed E-state index contributed by atoms with van der Waals surface area (Å²) in [6.07, 6.45) is 8.07. The first-order valence-electron chi connectivity index (χ1n) is 6.61. The van der Waals surface area contributed by atoms with Crippen LogP contribution in [0.5, 0.6) is 0 Å². The predicted octanol–water partition coefficient (Wildman–Crippen LogP) is 1.62. The molecule has 0 aromatic carbocycles. The highest BCUT2D eigenvalue weighted by Gasteiger charge is 2.43. The Morgan fingerprint density at radius 1 is 1.59 bits per heavy atom. The molecule has 1 N–H and O–H groups in total. The maximum atomic E-state index is 12.5. The van der Waals surface area contributed by atoms with E-state index < -0.39 is 0 Å². The van der Waals surface area contributed by atoms with Crippen molar-refractivity contribution in [2.75, 3.05) is 0 Å². The zero-order valence-electron chi connectivity index (χ0n) is 10.2. The molecular formula is C13H19N3O. The van der Waals surface area contributed by atoms with Crippen LogP contribution >= 0.6 is 0 Å². The van der Waals surface area contributed by atoms with Gasteiger partial charge in [-0.15, -0.1) is 0 Å². The lowest BCUT2D eigenvalue weighted by Crippen LogP contribution is -2.30. The molecule has 3 unspecified atom stereocenters. The van der Waals surface area contributed by atoms with Gasteiger partial charge in [-0.3, -0.25) is 4.79 Å². The number of nitrogens with one attached hydrogen (secondary N) is 1. The van der Waals surface area contributed by atoms with Gasteiger partial charge in [-0.1, -0.05) is 6.92 Å². The van der Waals surface area contributed by atoms with Crippen LogP contribution in [0.25, 0.3) is 0 Å². The number of aromatic nitrogens is 2. The molecule has 0 aliphatic carbocycles. The largest absolute Gasteiger partial charge is 0.329 e. The van der Waals surface area contributed by atoms with Crippen molar-refractivity contribution in [3.63, 3.8) is 0 Å². The third-order valence-corrected chi connectivity index (χ3v) is 4.04. The summed E-state index contributed by atoms with van der Waals surface area (Å²) in [5, 5.41) is 3.51. The van der Waals surface area contributed by atoms with Crippen LogP contribution in [0.4, 0.5) is 0 Å². The fourth-order valence-corrected chi connectivity index (χ4v) is 3.24. The SMILES string of the molecule is CCCn1ccnc1C(=O)C1CC2CCC1N2. The first kappa shape index (κ1) is 11.0. The van der Waals surface area contributed by atoms with Crippen LogP contribution in [-0.2, 0) is 6.54 Å². The molecule has 4 heteroatoms. The van der Waals surface area contributed by atoms with Crippen molar-refractivity contribution < 1.29 is 4.79 Å². The summed E-state index contributed by atoms with van der Waals surface area (Å²) in [6.45, 7) is 3.00. The van der Waals surface area contributed by atoms with Crippen molar-refractivity contribution in [2.45, 2.75) is 51.2 Å². The van der Waals surface area contributed by atoms with Crippen LogP contribution in [0.15, 0.2) is 12.4 Å². The molecule has 0 spiro atoms. The highest BCUT2D eigenvalue weighted by atomic mass is 16.1. The number of carbonyl (C=O) groups excluding carboxylic acids is 1. The molecule has 2 saturated heterocycles. The minimum atomic E-state index is 0.159. The third kappa shape index (κ3) is 1.80. The summed E-state index contributed by atoms with van der Waals surface area (Å²) in [4.78, 5) is 16.7. The normalized spacial score (nSPS) is 31.0. The molecule has 1 aromatic rings. The number of hydrogen-bond acceptors (Lipinski definition) is 3. The van der Waals surface area contributed by atoms with Crippen LogP contribution in [-0.4, -0.2) is 27.4 Å². The van der Waals surface area contributed by atoms with Gasteiger partial charge in [0.25, 0.3) is 0 Å². The smallest absolute Gasteiger partial charge is 0.202 e. The van der Waals surface area contributed by atoms with Gasteiger partial charge in [-0.05, 0) is 25.7 Å². The van der Waals surface area contributed by atoms with E-state index in [4.69, 9.17) is 0 Å². The number of imidazole rings is 1. The Bertz CT molecular complexity index is 426. The number of ketones is 1. The standard InChI is InChI=1S/C13H19N3O/c1-2-6-16-7-5-14-13(16)12(17)10-8-9-3-4-11(10)15-9/h5,7,9-11,15H,2-4,6,8H2,1H3. The first-order chi connectivity index (χ1) is 8.29. The van der Waals surface area contributed by atoms with Gasteiger partial charge in [0, 0.05) is 36.9 Å². The molecule has 2 fully saturated rings. The third-order valence-electron chi connectivity index (χ3n) is 4.04. The Balaban J connectivity index is 1.79. The Morgan fingerprint density at radius 2 is 2.47 bits per heavy atom. The van der Waals surface area contributed by atoms with E-state index in [0.717, 1.165) is 25.8 Å². The molecule has 17 heavy (non-hydrogen) atoms. The van der Waals surface area contributed by atoms with Crippen LogP contribution < -0.4 is 5.32 Å². The number of nitrogens with zero attached hydrogens (tertiary/aromatic N) is 2. The average molecular weight is 233 g/mol. The monoisotopic (exact) mass is 233 g/mol. The van der Waals surface area contributed by atoms with Crippen molar-refractivity contribution >= 4 is 5.78 Å². The van der Waals surface area contributed by atoms with Crippen LogP contribution in [0.2, 0.25) is 0 Å². The summed E-state index contributed by atoms with van der Waals surface area (Å²) in [7, 11) is 0. The maximum absolute atomic E-state index is 12.5. The fourth-order valence-electron chi connectivity index (χ4n) is 3.24. The van der Waals surface area contributed by atoms with Crippen LogP contribution in [0.3, 0.4) is 0 Å². The lowest BCUT2D eigenvalue weighted by molar-refractivity contribution is 0.0885. The Kier molecular flexibility index (Phi) is 2.74. The fraction of sp³-hybridized carbons (Fsp3) is 0.692. The van der Waals surface area contributed by atoms with Gasteiger partial charge in [0.15, 0.2) is 5.82 Å². The van der Waals surface area contributed by atoms with Crippen molar-refractivity contribution in [3.05, 3.63) is 18.2 Å². The number of rotatable bonds is 4. The summed E-state index contributed by atoms with van der Waals surface area (Å²) in [5.74, 6) is 1.06. The van der Waals surface area contributed by atoms with E-state index in [1.165, 1.54) is 6.42 Å². The number of carbonyl (C=O) groups is 1. The van der Waals surface area contributed by atoms with E-state index in [1.54, 1.807) is 6.20 Å². The Morgan fingerprint density at radius 3 is 3.12 bits per heavy atom. The molecule has 2 bridgehead atoms. The molecule has 92 valence electrons.